The van der Waals surface area contributed by atoms with E-state index < -0.39 is 0 Å². The van der Waals surface area contributed by atoms with E-state index in [-0.39, 0.29) is 6.10 Å². The molecule has 2 rings (SSSR count). The van der Waals surface area contributed by atoms with Crippen molar-refractivity contribution >= 4 is 5.96 Å². The van der Waals surface area contributed by atoms with Crippen LogP contribution in [0.4, 0.5) is 0 Å². The zero-order valence-electron chi connectivity index (χ0n) is 12.6. The summed E-state index contributed by atoms with van der Waals surface area (Å²) >= 11 is 0. The molecule has 0 heterocycles. The highest BCUT2D eigenvalue weighted by molar-refractivity contribution is 5.80. The summed E-state index contributed by atoms with van der Waals surface area (Å²) in [5.74, 6) is 1.83. The van der Waals surface area contributed by atoms with Gasteiger partial charge in [-0.3, -0.25) is 0 Å². The molecule has 0 bridgehead atoms. The maximum atomic E-state index is 5.63. The van der Waals surface area contributed by atoms with E-state index in [9.17, 15) is 0 Å². The van der Waals surface area contributed by atoms with E-state index in [0.29, 0.717) is 12.6 Å². The molecule has 0 aromatic heterocycles. The second-order valence-corrected chi connectivity index (χ2v) is 5.42. The molecule has 1 aliphatic carbocycles. The average molecular weight is 275 g/mol. The van der Waals surface area contributed by atoms with E-state index in [1.54, 1.807) is 0 Å². The molecule has 0 amide bonds. The number of hydrogen-bond donors (Lipinski definition) is 2. The van der Waals surface area contributed by atoms with Crippen molar-refractivity contribution in [2.45, 2.75) is 52.3 Å². The van der Waals surface area contributed by atoms with Gasteiger partial charge >= 0.3 is 0 Å². The minimum atomic E-state index is 0.210. The predicted octanol–water partition coefficient (Wildman–Crippen LogP) is 2.69. The molecule has 0 atom stereocenters. The summed E-state index contributed by atoms with van der Waals surface area (Å²) in [5.41, 5.74) is 1.19. The smallest absolute Gasteiger partial charge is 0.191 e. The number of benzene rings is 1. The standard InChI is InChI=1S/C16H25N3O/c1-4-17-16(19-14-7-8-14)18-11-13-5-9-15(10-6-13)20-12(2)3/h5-6,9-10,12,14H,4,7-8,11H2,1-3H3,(H2,17,18,19). The Balaban J connectivity index is 1.90. The molecule has 2 N–H and O–H groups in total. The molecule has 0 aliphatic heterocycles. The third-order valence-electron chi connectivity index (χ3n) is 2.98. The molecule has 20 heavy (non-hydrogen) atoms. The van der Waals surface area contributed by atoms with E-state index in [0.717, 1.165) is 18.3 Å². The SMILES string of the molecule is CCNC(=NCc1ccc(OC(C)C)cc1)NC1CC1. The van der Waals surface area contributed by atoms with Gasteiger partial charge in [-0.2, -0.15) is 0 Å². The van der Waals surface area contributed by atoms with Crippen LogP contribution in [-0.4, -0.2) is 24.7 Å². The van der Waals surface area contributed by atoms with Crippen molar-refractivity contribution in [1.29, 1.82) is 0 Å². The lowest BCUT2D eigenvalue weighted by molar-refractivity contribution is 0.242. The maximum Gasteiger partial charge on any atom is 0.191 e. The summed E-state index contributed by atoms with van der Waals surface area (Å²) in [6.07, 6.45) is 2.72. The lowest BCUT2D eigenvalue weighted by Crippen LogP contribution is -2.38. The Bertz CT molecular complexity index is 436. The molecular formula is C16H25N3O. The van der Waals surface area contributed by atoms with Gasteiger partial charge in [-0.05, 0) is 51.3 Å². The molecule has 0 saturated heterocycles. The van der Waals surface area contributed by atoms with Crippen LogP contribution in [0.5, 0.6) is 5.75 Å². The van der Waals surface area contributed by atoms with Crippen molar-refractivity contribution in [3.63, 3.8) is 0 Å². The summed E-state index contributed by atoms with van der Waals surface area (Å²) in [5, 5.41) is 6.69. The fourth-order valence-corrected chi connectivity index (χ4v) is 1.86. The number of ether oxygens (including phenoxy) is 1. The normalized spacial score (nSPS) is 15.3. The first-order valence-electron chi connectivity index (χ1n) is 7.48. The van der Waals surface area contributed by atoms with Crippen molar-refractivity contribution in [3.8, 4) is 5.75 Å². The number of hydrogen-bond acceptors (Lipinski definition) is 2. The van der Waals surface area contributed by atoms with Crippen molar-refractivity contribution in [2.75, 3.05) is 6.54 Å². The first kappa shape index (κ1) is 14.7. The van der Waals surface area contributed by atoms with Crippen molar-refractivity contribution in [2.24, 2.45) is 4.99 Å². The van der Waals surface area contributed by atoms with Crippen LogP contribution in [0, 0.1) is 0 Å². The third-order valence-corrected chi connectivity index (χ3v) is 2.98. The van der Waals surface area contributed by atoms with Gasteiger partial charge in [0.15, 0.2) is 5.96 Å². The molecule has 110 valence electrons. The van der Waals surface area contributed by atoms with Gasteiger partial charge in [0.1, 0.15) is 5.75 Å². The van der Waals surface area contributed by atoms with Gasteiger partial charge in [0.2, 0.25) is 0 Å². The minimum Gasteiger partial charge on any atom is -0.491 e. The first-order valence-corrected chi connectivity index (χ1v) is 7.48. The highest BCUT2D eigenvalue weighted by Gasteiger charge is 2.21. The Labute approximate surface area is 121 Å². The lowest BCUT2D eigenvalue weighted by atomic mass is 10.2. The van der Waals surface area contributed by atoms with Crippen LogP contribution in [0.1, 0.15) is 39.2 Å². The molecule has 1 fully saturated rings. The monoisotopic (exact) mass is 275 g/mol. The van der Waals surface area contributed by atoms with Crippen LogP contribution >= 0.6 is 0 Å². The Hall–Kier alpha value is -1.71. The van der Waals surface area contributed by atoms with Crippen molar-refractivity contribution in [1.82, 2.24) is 10.6 Å². The van der Waals surface area contributed by atoms with Crippen molar-refractivity contribution in [3.05, 3.63) is 29.8 Å². The quantitative estimate of drug-likeness (QED) is 0.620. The van der Waals surface area contributed by atoms with Crippen molar-refractivity contribution < 1.29 is 4.74 Å². The Kier molecular flexibility index (Phi) is 5.27. The summed E-state index contributed by atoms with van der Waals surface area (Å²) < 4.78 is 5.63. The van der Waals surface area contributed by atoms with E-state index in [1.165, 1.54) is 18.4 Å². The van der Waals surface area contributed by atoms with Crippen LogP contribution in [-0.2, 0) is 6.54 Å². The Morgan fingerprint density at radius 1 is 1.30 bits per heavy atom. The van der Waals surface area contributed by atoms with Gasteiger partial charge in [0, 0.05) is 12.6 Å². The van der Waals surface area contributed by atoms with Gasteiger partial charge in [-0.1, -0.05) is 12.1 Å². The van der Waals surface area contributed by atoms with E-state index in [4.69, 9.17) is 4.74 Å². The zero-order valence-corrected chi connectivity index (χ0v) is 12.6. The first-order chi connectivity index (χ1) is 9.67. The summed E-state index contributed by atoms with van der Waals surface area (Å²) in [7, 11) is 0. The molecule has 1 aromatic rings. The number of rotatable bonds is 6. The number of nitrogens with one attached hydrogen (secondary N) is 2. The second kappa shape index (κ2) is 7.17. The molecule has 0 spiro atoms. The fourth-order valence-electron chi connectivity index (χ4n) is 1.86. The van der Waals surface area contributed by atoms with E-state index >= 15 is 0 Å². The topological polar surface area (TPSA) is 45.7 Å². The van der Waals surface area contributed by atoms with E-state index in [2.05, 4.69) is 34.7 Å². The van der Waals surface area contributed by atoms with Gasteiger partial charge in [-0.15, -0.1) is 0 Å². The Morgan fingerprint density at radius 3 is 2.55 bits per heavy atom. The molecule has 0 unspecified atom stereocenters. The van der Waals surface area contributed by atoms with Crippen LogP contribution < -0.4 is 15.4 Å². The zero-order chi connectivity index (χ0) is 14.4. The molecule has 1 aliphatic rings. The lowest BCUT2D eigenvalue weighted by Gasteiger charge is -2.11. The number of aliphatic imine (C=N–C) groups is 1. The number of nitrogens with zero attached hydrogens (tertiary/aromatic N) is 1. The van der Waals surface area contributed by atoms with Crippen LogP contribution in [0.15, 0.2) is 29.3 Å². The van der Waals surface area contributed by atoms with Gasteiger partial charge < -0.3 is 15.4 Å². The molecule has 4 heteroatoms. The highest BCUT2D eigenvalue weighted by Crippen LogP contribution is 2.18. The van der Waals surface area contributed by atoms with Crippen LogP contribution in [0.25, 0.3) is 0 Å². The van der Waals surface area contributed by atoms with Gasteiger partial charge in [0.05, 0.1) is 12.6 Å². The average Bonchev–Trinajstić information content (AvgIpc) is 3.21. The maximum absolute atomic E-state index is 5.63. The minimum absolute atomic E-state index is 0.210. The molecular weight excluding hydrogens is 250 g/mol. The fraction of sp³-hybridized carbons (Fsp3) is 0.562. The Morgan fingerprint density at radius 2 is 2.00 bits per heavy atom. The summed E-state index contributed by atoms with van der Waals surface area (Å²) in [6.45, 7) is 7.72. The highest BCUT2D eigenvalue weighted by atomic mass is 16.5. The predicted molar refractivity (Wildman–Crippen MR) is 83.2 cm³/mol. The molecule has 0 radical (unpaired) electrons. The summed E-state index contributed by atoms with van der Waals surface area (Å²) in [6, 6.07) is 8.77. The molecule has 4 nitrogen and oxygen atoms in total. The van der Waals surface area contributed by atoms with Crippen LogP contribution in [0.3, 0.4) is 0 Å². The van der Waals surface area contributed by atoms with Gasteiger partial charge in [0.25, 0.3) is 0 Å². The van der Waals surface area contributed by atoms with E-state index in [1.807, 2.05) is 26.0 Å². The molecule has 1 saturated carbocycles. The van der Waals surface area contributed by atoms with Crippen LogP contribution in [0.2, 0.25) is 0 Å². The largest absolute Gasteiger partial charge is 0.491 e. The number of guanidine groups is 1. The summed E-state index contributed by atoms with van der Waals surface area (Å²) in [4.78, 5) is 4.61. The second-order valence-electron chi connectivity index (χ2n) is 5.42. The third kappa shape index (κ3) is 5.11. The van der Waals surface area contributed by atoms with Gasteiger partial charge in [-0.25, -0.2) is 4.99 Å². The molecule has 1 aromatic carbocycles.